The summed E-state index contributed by atoms with van der Waals surface area (Å²) in [6.45, 7) is 0. The fourth-order valence-electron chi connectivity index (χ4n) is 3.28. The molecule has 0 bridgehead atoms. The van der Waals surface area contributed by atoms with Crippen molar-refractivity contribution in [2.45, 2.75) is 19.3 Å². The lowest BCUT2D eigenvalue weighted by Crippen LogP contribution is -2.15. The molecule has 0 aliphatic heterocycles. The second-order valence-corrected chi connectivity index (χ2v) is 6.05. The van der Waals surface area contributed by atoms with E-state index in [4.69, 9.17) is 6.42 Å². The van der Waals surface area contributed by atoms with Gasteiger partial charge in [-0.25, -0.2) is 4.68 Å². The smallest absolute Gasteiger partial charge is 0.276 e. The number of anilines is 1. The van der Waals surface area contributed by atoms with Gasteiger partial charge in [0.2, 0.25) is 0 Å². The number of terminal acetylenes is 1. The van der Waals surface area contributed by atoms with E-state index in [2.05, 4.69) is 16.3 Å². The van der Waals surface area contributed by atoms with E-state index in [0.29, 0.717) is 11.4 Å². The van der Waals surface area contributed by atoms with Gasteiger partial charge >= 0.3 is 0 Å². The monoisotopic (exact) mass is 327 g/mol. The minimum atomic E-state index is -0.193. The topological polar surface area (TPSA) is 46.9 Å². The number of fused-ring (bicyclic) bond motifs is 1. The van der Waals surface area contributed by atoms with E-state index >= 15 is 0 Å². The minimum Gasteiger partial charge on any atom is -0.321 e. The largest absolute Gasteiger partial charge is 0.321 e. The molecule has 4 nitrogen and oxygen atoms in total. The van der Waals surface area contributed by atoms with Gasteiger partial charge in [0.1, 0.15) is 0 Å². The van der Waals surface area contributed by atoms with Crippen LogP contribution in [-0.4, -0.2) is 15.7 Å². The van der Waals surface area contributed by atoms with E-state index in [0.717, 1.165) is 41.8 Å². The van der Waals surface area contributed by atoms with Gasteiger partial charge in [0.25, 0.3) is 5.91 Å². The third-order valence-electron chi connectivity index (χ3n) is 4.43. The van der Waals surface area contributed by atoms with E-state index in [9.17, 15) is 4.79 Å². The lowest BCUT2D eigenvalue weighted by atomic mass is 10.1. The number of hydrogen-bond acceptors (Lipinski definition) is 2. The molecule has 1 aliphatic carbocycles. The van der Waals surface area contributed by atoms with Crippen molar-refractivity contribution in [2.24, 2.45) is 0 Å². The molecule has 1 N–H and O–H groups in total. The van der Waals surface area contributed by atoms with Crippen LogP contribution in [0.5, 0.6) is 0 Å². The second-order valence-electron chi connectivity index (χ2n) is 6.05. The zero-order valence-electron chi connectivity index (χ0n) is 13.7. The van der Waals surface area contributed by atoms with Crippen LogP contribution < -0.4 is 5.32 Å². The number of nitrogens with zero attached hydrogens (tertiary/aromatic N) is 2. The quantitative estimate of drug-likeness (QED) is 0.747. The maximum absolute atomic E-state index is 12.8. The van der Waals surface area contributed by atoms with Gasteiger partial charge in [-0.05, 0) is 49.6 Å². The Labute approximate surface area is 146 Å². The van der Waals surface area contributed by atoms with Gasteiger partial charge in [-0.15, -0.1) is 6.42 Å². The summed E-state index contributed by atoms with van der Waals surface area (Å²) >= 11 is 0. The highest BCUT2D eigenvalue weighted by Gasteiger charge is 2.26. The molecular weight excluding hydrogens is 310 g/mol. The molecule has 25 heavy (non-hydrogen) atoms. The van der Waals surface area contributed by atoms with Gasteiger partial charge in [0, 0.05) is 22.5 Å². The average Bonchev–Trinajstić information content (AvgIpc) is 3.25. The van der Waals surface area contributed by atoms with Crippen LogP contribution in [0.15, 0.2) is 54.6 Å². The SMILES string of the molecule is C#Cc1cccc(NC(=O)c2nn(-c3ccccc3)c3c2CCC3)c1. The molecule has 0 radical (unpaired) electrons. The molecule has 0 unspecified atom stereocenters. The van der Waals surface area contributed by atoms with E-state index < -0.39 is 0 Å². The summed E-state index contributed by atoms with van der Waals surface area (Å²) in [4.78, 5) is 12.8. The molecule has 3 aromatic rings. The first kappa shape index (κ1) is 15.2. The summed E-state index contributed by atoms with van der Waals surface area (Å²) in [5.74, 6) is 2.38. The maximum atomic E-state index is 12.8. The number of aromatic nitrogens is 2. The number of carbonyl (C=O) groups is 1. The number of hydrogen-bond donors (Lipinski definition) is 1. The molecular formula is C21H17N3O. The summed E-state index contributed by atoms with van der Waals surface area (Å²) in [6.07, 6.45) is 8.30. The second kappa shape index (κ2) is 6.29. The molecule has 2 aromatic carbocycles. The summed E-state index contributed by atoms with van der Waals surface area (Å²) in [5, 5.41) is 7.52. The molecule has 0 spiro atoms. The van der Waals surface area contributed by atoms with Crippen LogP contribution in [0.4, 0.5) is 5.69 Å². The highest BCUT2D eigenvalue weighted by atomic mass is 16.2. The van der Waals surface area contributed by atoms with Crippen molar-refractivity contribution in [1.29, 1.82) is 0 Å². The first-order chi connectivity index (χ1) is 12.3. The fourth-order valence-corrected chi connectivity index (χ4v) is 3.28. The van der Waals surface area contributed by atoms with E-state index in [1.54, 1.807) is 6.07 Å². The van der Waals surface area contributed by atoms with Crippen molar-refractivity contribution in [3.63, 3.8) is 0 Å². The van der Waals surface area contributed by atoms with Gasteiger partial charge in [-0.2, -0.15) is 5.10 Å². The van der Waals surface area contributed by atoms with Crippen LogP contribution in [0.1, 0.15) is 33.7 Å². The summed E-state index contributed by atoms with van der Waals surface area (Å²) in [6, 6.07) is 17.2. The Morgan fingerprint density at radius 1 is 1.12 bits per heavy atom. The van der Waals surface area contributed by atoms with Crippen LogP contribution in [0.2, 0.25) is 0 Å². The molecule has 4 heteroatoms. The molecule has 1 aromatic heterocycles. The highest BCUT2D eigenvalue weighted by molar-refractivity contribution is 6.04. The van der Waals surface area contributed by atoms with E-state index in [1.165, 1.54) is 0 Å². The molecule has 0 fully saturated rings. The number of carbonyl (C=O) groups excluding carboxylic acids is 1. The lowest BCUT2D eigenvalue weighted by Gasteiger charge is -2.05. The number of benzene rings is 2. The maximum Gasteiger partial charge on any atom is 0.276 e. The van der Waals surface area contributed by atoms with Crippen molar-refractivity contribution < 1.29 is 4.79 Å². The van der Waals surface area contributed by atoms with Gasteiger partial charge in [0.15, 0.2) is 5.69 Å². The van der Waals surface area contributed by atoms with Gasteiger partial charge in [-0.1, -0.05) is 30.2 Å². The zero-order valence-corrected chi connectivity index (χ0v) is 13.7. The molecule has 1 aliphatic rings. The van der Waals surface area contributed by atoms with Crippen molar-refractivity contribution in [3.8, 4) is 18.0 Å². The van der Waals surface area contributed by atoms with Gasteiger partial charge in [-0.3, -0.25) is 4.79 Å². The van der Waals surface area contributed by atoms with Gasteiger partial charge < -0.3 is 5.32 Å². The number of rotatable bonds is 3. The Morgan fingerprint density at radius 3 is 2.76 bits per heavy atom. The van der Waals surface area contributed by atoms with E-state index in [1.807, 2.05) is 53.2 Å². The van der Waals surface area contributed by atoms with Crippen molar-refractivity contribution in [2.75, 3.05) is 5.32 Å². The third-order valence-corrected chi connectivity index (χ3v) is 4.43. The Balaban J connectivity index is 1.69. The van der Waals surface area contributed by atoms with E-state index in [-0.39, 0.29) is 5.91 Å². The predicted octanol–water partition coefficient (Wildman–Crippen LogP) is 3.59. The molecule has 0 saturated carbocycles. The Morgan fingerprint density at radius 2 is 1.96 bits per heavy atom. The average molecular weight is 327 g/mol. The fraction of sp³-hybridized carbons (Fsp3) is 0.143. The number of para-hydroxylation sites is 1. The van der Waals surface area contributed by atoms with Crippen LogP contribution >= 0.6 is 0 Å². The first-order valence-electron chi connectivity index (χ1n) is 8.30. The highest BCUT2D eigenvalue weighted by Crippen LogP contribution is 2.28. The Bertz CT molecular complexity index is 980. The normalized spacial score (nSPS) is 12.4. The standard InChI is InChI=1S/C21H17N3O/c1-2-15-8-6-9-16(14-15)22-21(25)20-18-12-7-13-19(18)24(23-20)17-10-4-3-5-11-17/h1,3-6,8-11,14H,7,12-13H2,(H,22,25). The zero-order chi connectivity index (χ0) is 17.2. The Hall–Kier alpha value is -3.32. The first-order valence-corrected chi connectivity index (χ1v) is 8.30. The lowest BCUT2D eigenvalue weighted by molar-refractivity contribution is 0.102. The third kappa shape index (κ3) is 2.81. The number of amides is 1. The van der Waals surface area contributed by atoms with Crippen LogP contribution in [-0.2, 0) is 12.8 Å². The molecule has 1 amide bonds. The minimum absolute atomic E-state index is 0.193. The number of nitrogens with one attached hydrogen (secondary N) is 1. The Kier molecular flexibility index (Phi) is 3.83. The van der Waals surface area contributed by atoms with Crippen molar-refractivity contribution in [1.82, 2.24) is 9.78 Å². The molecule has 1 heterocycles. The summed E-state index contributed by atoms with van der Waals surface area (Å²) < 4.78 is 1.90. The van der Waals surface area contributed by atoms with Gasteiger partial charge in [0.05, 0.1) is 5.69 Å². The molecule has 0 atom stereocenters. The molecule has 0 saturated heterocycles. The van der Waals surface area contributed by atoms with Crippen LogP contribution in [0, 0.1) is 12.3 Å². The predicted molar refractivity (Wildman–Crippen MR) is 97.9 cm³/mol. The van der Waals surface area contributed by atoms with Crippen molar-refractivity contribution in [3.05, 3.63) is 77.1 Å². The van der Waals surface area contributed by atoms with Crippen LogP contribution in [0.25, 0.3) is 5.69 Å². The molecule has 122 valence electrons. The summed E-state index contributed by atoms with van der Waals surface area (Å²) in [7, 11) is 0. The summed E-state index contributed by atoms with van der Waals surface area (Å²) in [5.41, 5.74) is 5.08. The van der Waals surface area contributed by atoms with Crippen molar-refractivity contribution >= 4 is 11.6 Å². The molecule has 4 rings (SSSR count). The van der Waals surface area contributed by atoms with Crippen LogP contribution in [0.3, 0.4) is 0 Å².